The molecule has 162 valence electrons. The van der Waals surface area contributed by atoms with Crippen LogP contribution >= 0.6 is 0 Å². The highest BCUT2D eigenvalue weighted by atomic mass is 16.5. The van der Waals surface area contributed by atoms with Crippen LogP contribution in [0.4, 0.5) is 5.69 Å². The molecule has 1 amide bonds. The van der Waals surface area contributed by atoms with E-state index in [9.17, 15) is 9.59 Å². The van der Waals surface area contributed by atoms with Gasteiger partial charge in [0.2, 0.25) is 5.91 Å². The summed E-state index contributed by atoms with van der Waals surface area (Å²) in [5, 5.41) is 0. The Morgan fingerprint density at radius 2 is 1.48 bits per heavy atom. The van der Waals surface area contributed by atoms with Crippen molar-refractivity contribution in [2.75, 3.05) is 32.8 Å². The third-order valence-corrected chi connectivity index (χ3v) is 5.69. The van der Waals surface area contributed by atoms with Crippen LogP contribution in [0.3, 0.4) is 0 Å². The quantitative estimate of drug-likeness (QED) is 0.684. The molecule has 0 radical (unpaired) electrons. The molecule has 2 aliphatic rings. The standard InChI is InChI=1S/C24H25NO6/c1-13-6-14(2)8-15(7-13)25-18-12-31-24(27)23(18)17(10-22(25)26)16-9-20(29-4)21(30-5)11-19(16)28-3/h6-9,11,17H,10,12H2,1-5H3/t17-/m1/s1. The molecule has 4 rings (SSSR count). The number of anilines is 1. The zero-order chi connectivity index (χ0) is 22.3. The van der Waals surface area contributed by atoms with Crippen LogP contribution in [0.15, 0.2) is 41.6 Å². The topological polar surface area (TPSA) is 74.3 Å². The average molecular weight is 423 g/mol. The molecule has 0 saturated carbocycles. The van der Waals surface area contributed by atoms with Crippen molar-refractivity contribution in [3.8, 4) is 17.2 Å². The Hall–Kier alpha value is -3.48. The molecular formula is C24H25NO6. The summed E-state index contributed by atoms with van der Waals surface area (Å²) < 4.78 is 21.8. The second-order valence-electron chi connectivity index (χ2n) is 7.72. The number of methoxy groups -OCH3 is 3. The van der Waals surface area contributed by atoms with Crippen molar-refractivity contribution in [3.63, 3.8) is 0 Å². The van der Waals surface area contributed by atoms with Gasteiger partial charge in [-0.1, -0.05) is 6.07 Å². The van der Waals surface area contributed by atoms with Crippen molar-refractivity contribution in [1.82, 2.24) is 0 Å². The Bertz CT molecular complexity index is 1080. The number of carbonyl (C=O) groups is 2. The summed E-state index contributed by atoms with van der Waals surface area (Å²) in [6, 6.07) is 9.39. The molecule has 0 saturated heterocycles. The van der Waals surface area contributed by atoms with Crippen molar-refractivity contribution in [1.29, 1.82) is 0 Å². The van der Waals surface area contributed by atoms with E-state index in [1.54, 1.807) is 24.1 Å². The van der Waals surface area contributed by atoms with Gasteiger partial charge in [0.15, 0.2) is 11.5 Å². The lowest BCUT2D eigenvalue weighted by atomic mass is 9.83. The Kier molecular flexibility index (Phi) is 5.35. The summed E-state index contributed by atoms with van der Waals surface area (Å²) in [5.41, 5.74) is 4.56. The van der Waals surface area contributed by atoms with Gasteiger partial charge in [0.1, 0.15) is 12.4 Å². The van der Waals surface area contributed by atoms with E-state index < -0.39 is 11.9 Å². The van der Waals surface area contributed by atoms with Crippen molar-refractivity contribution in [2.45, 2.75) is 26.2 Å². The number of nitrogens with zero attached hydrogens (tertiary/aromatic N) is 1. The van der Waals surface area contributed by atoms with Gasteiger partial charge in [0, 0.05) is 29.7 Å². The highest BCUT2D eigenvalue weighted by Gasteiger charge is 2.44. The molecule has 2 aromatic carbocycles. The molecule has 7 heteroatoms. The summed E-state index contributed by atoms with van der Waals surface area (Å²) in [5.74, 6) is 0.486. The second kappa shape index (κ2) is 7.98. The van der Waals surface area contributed by atoms with Gasteiger partial charge in [-0.25, -0.2) is 4.79 Å². The summed E-state index contributed by atoms with van der Waals surface area (Å²) in [7, 11) is 4.62. The van der Waals surface area contributed by atoms with Crippen LogP contribution in [0.2, 0.25) is 0 Å². The highest BCUT2D eigenvalue weighted by molar-refractivity contribution is 6.06. The van der Waals surface area contributed by atoms with Gasteiger partial charge in [-0.05, 0) is 43.2 Å². The van der Waals surface area contributed by atoms with Crippen LogP contribution < -0.4 is 19.1 Å². The first kappa shape index (κ1) is 20.8. The van der Waals surface area contributed by atoms with E-state index in [0.717, 1.165) is 16.8 Å². The van der Waals surface area contributed by atoms with Gasteiger partial charge in [-0.15, -0.1) is 0 Å². The minimum Gasteiger partial charge on any atom is -0.496 e. The zero-order valence-electron chi connectivity index (χ0n) is 18.3. The number of esters is 1. The fraction of sp³-hybridized carbons (Fsp3) is 0.333. The van der Waals surface area contributed by atoms with Gasteiger partial charge in [0.25, 0.3) is 0 Å². The van der Waals surface area contributed by atoms with E-state index in [4.69, 9.17) is 18.9 Å². The molecule has 0 aromatic heterocycles. The lowest BCUT2D eigenvalue weighted by Gasteiger charge is -2.33. The maximum atomic E-state index is 13.4. The molecule has 1 atom stereocenters. The summed E-state index contributed by atoms with van der Waals surface area (Å²) in [4.78, 5) is 27.7. The van der Waals surface area contributed by atoms with E-state index in [1.807, 2.05) is 32.0 Å². The first-order valence-corrected chi connectivity index (χ1v) is 9.99. The molecule has 2 heterocycles. The molecule has 0 N–H and O–H groups in total. The Balaban J connectivity index is 1.88. The van der Waals surface area contributed by atoms with Gasteiger partial charge in [0.05, 0.1) is 32.6 Å². The Morgan fingerprint density at radius 1 is 0.871 bits per heavy atom. The lowest BCUT2D eigenvalue weighted by molar-refractivity contribution is -0.136. The number of hydrogen-bond acceptors (Lipinski definition) is 6. The molecule has 2 aromatic rings. The van der Waals surface area contributed by atoms with Crippen LogP contribution in [-0.2, 0) is 14.3 Å². The predicted molar refractivity (Wildman–Crippen MR) is 115 cm³/mol. The summed E-state index contributed by atoms with van der Waals surface area (Å²) in [6.45, 7) is 4.01. The molecule has 0 unspecified atom stereocenters. The molecule has 7 nitrogen and oxygen atoms in total. The monoisotopic (exact) mass is 423 g/mol. The van der Waals surface area contributed by atoms with Gasteiger partial charge in [-0.2, -0.15) is 0 Å². The Labute approximate surface area is 181 Å². The third kappa shape index (κ3) is 3.50. The smallest absolute Gasteiger partial charge is 0.336 e. The van der Waals surface area contributed by atoms with Crippen LogP contribution in [0.25, 0.3) is 0 Å². The first-order valence-electron chi connectivity index (χ1n) is 9.99. The van der Waals surface area contributed by atoms with Crippen molar-refractivity contribution in [2.24, 2.45) is 0 Å². The van der Waals surface area contributed by atoms with Crippen molar-refractivity contribution >= 4 is 17.6 Å². The van der Waals surface area contributed by atoms with Crippen molar-refractivity contribution < 1.29 is 28.5 Å². The molecule has 0 fully saturated rings. The molecular weight excluding hydrogens is 398 g/mol. The number of hydrogen-bond donors (Lipinski definition) is 0. The van der Waals surface area contributed by atoms with E-state index in [-0.39, 0.29) is 18.9 Å². The second-order valence-corrected chi connectivity index (χ2v) is 7.72. The molecule has 0 aliphatic carbocycles. The lowest BCUT2D eigenvalue weighted by Crippen LogP contribution is -2.37. The zero-order valence-corrected chi connectivity index (χ0v) is 18.3. The first-order chi connectivity index (χ1) is 14.9. The van der Waals surface area contributed by atoms with E-state index in [2.05, 4.69) is 0 Å². The highest BCUT2D eigenvalue weighted by Crippen LogP contribution is 2.47. The van der Waals surface area contributed by atoms with Crippen LogP contribution in [-0.4, -0.2) is 39.8 Å². The number of ether oxygens (including phenoxy) is 4. The number of cyclic esters (lactones) is 1. The molecule has 0 spiro atoms. The summed E-state index contributed by atoms with van der Waals surface area (Å²) in [6.07, 6.45) is 0.104. The number of carbonyl (C=O) groups excluding carboxylic acids is 2. The average Bonchev–Trinajstić information content (AvgIpc) is 3.12. The van der Waals surface area contributed by atoms with Crippen molar-refractivity contribution in [3.05, 3.63) is 58.3 Å². The molecule has 0 bridgehead atoms. The van der Waals surface area contributed by atoms with Crippen LogP contribution in [0.5, 0.6) is 17.2 Å². The van der Waals surface area contributed by atoms with E-state index in [0.29, 0.717) is 34.1 Å². The fourth-order valence-corrected chi connectivity index (χ4v) is 4.42. The molecule has 2 aliphatic heterocycles. The minimum atomic E-state index is -0.505. The van der Waals surface area contributed by atoms with Gasteiger partial charge < -0.3 is 18.9 Å². The van der Waals surface area contributed by atoms with Crippen LogP contribution in [0, 0.1) is 13.8 Å². The minimum absolute atomic E-state index is 0.0546. The number of aryl methyl sites for hydroxylation is 2. The third-order valence-electron chi connectivity index (χ3n) is 5.69. The van der Waals surface area contributed by atoms with E-state index in [1.165, 1.54) is 14.2 Å². The summed E-state index contributed by atoms with van der Waals surface area (Å²) >= 11 is 0. The van der Waals surface area contributed by atoms with Gasteiger partial charge >= 0.3 is 5.97 Å². The SMILES string of the molecule is COc1cc(OC)c([C@H]2CC(=O)N(c3cc(C)cc(C)c3)C3=C2C(=O)OC3)cc1OC. The fourth-order valence-electron chi connectivity index (χ4n) is 4.42. The predicted octanol–water partition coefficient (Wildman–Crippen LogP) is 3.66. The van der Waals surface area contributed by atoms with Gasteiger partial charge in [-0.3, -0.25) is 9.69 Å². The van der Waals surface area contributed by atoms with E-state index >= 15 is 0 Å². The number of amides is 1. The van der Waals surface area contributed by atoms with Crippen LogP contribution in [0.1, 0.15) is 29.0 Å². The maximum absolute atomic E-state index is 13.4. The number of rotatable bonds is 5. The Morgan fingerprint density at radius 3 is 2.10 bits per heavy atom. The largest absolute Gasteiger partial charge is 0.496 e. The number of benzene rings is 2. The molecule has 31 heavy (non-hydrogen) atoms. The normalized spacial score (nSPS) is 18.1. The maximum Gasteiger partial charge on any atom is 0.336 e.